The van der Waals surface area contributed by atoms with Crippen molar-refractivity contribution in [2.45, 2.75) is 19.8 Å². The molecule has 3 heteroatoms. The first-order chi connectivity index (χ1) is 7.06. The number of halogens is 1. The van der Waals surface area contributed by atoms with Crippen LogP contribution in [-0.4, -0.2) is 17.8 Å². The van der Waals surface area contributed by atoms with Gasteiger partial charge in [0.1, 0.15) is 0 Å². The van der Waals surface area contributed by atoms with Crippen LogP contribution in [0.4, 0.5) is 4.39 Å². The first kappa shape index (κ1) is 11.7. The van der Waals surface area contributed by atoms with Crippen LogP contribution in [0.3, 0.4) is 0 Å². The molecule has 1 rings (SSSR count). The lowest BCUT2D eigenvalue weighted by molar-refractivity contribution is 0.0697. The molecule has 0 aromatic heterocycles. The zero-order valence-corrected chi connectivity index (χ0v) is 8.90. The lowest BCUT2D eigenvalue weighted by Crippen LogP contribution is -2.09. The van der Waals surface area contributed by atoms with Gasteiger partial charge in [-0.05, 0) is 23.6 Å². The predicted octanol–water partition coefficient (Wildman–Crippen LogP) is 3.09. The molecule has 1 atom stereocenters. The molecule has 15 heavy (non-hydrogen) atoms. The summed E-state index contributed by atoms with van der Waals surface area (Å²) in [6, 6.07) is 6.41. The summed E-state index contributed by atoms with van der Waals surface area (Å²) in [5.74, 6) is -0.888. The Morgan fingerprint density at radius 1 is 1.33 bits per heavy atom. The molecule has 0 heterocycles. The molecular formula is C12H15FO2. The molecule has 0 radical (unpaired) electrons. The number of carbonyl (C=O) groups is 1. The van der Waals surface area contributed by atoms with E-state index in [1.807, 2.05) is 13.8 Å². The molecule has 0 aliphatic heterocycles. The topological polar surface area (TPSA) is 37.3 Å². The molecular weight excluding hydrogens is 195 g/mol. The molecule has 0 aliphatic rings. The van der Waals surface area contributed by atoms with Gasteiger partial charge < -0.3 is 5.11 Å². The number of carboxylic acid groups (broad SMARTS) is 1. The van der Waals surface area contributed by atoms with E-state index in [9.17, 15) is 9.18 Å². The number of benzene rings is 1. The van der Waals surface area contributed by atoms with Crippen molar-refractivity contribution in [3.05, 3.63) is 35.4 Å². The SMILES string of the molecule is CC(C)C(CF)c1ccc(C(=O)O)cc1. The van der Waals surface area contributed by atoms with Gasteiger partial charge in [0, 0.05) is 5.92 Å². The van der Waals surface area contributed by atoms with Crippen molar-refractivity contribution in [2.24, 2.45) is 5.92 Å². The summed E-state index contributed by atoms with van der Waals surface area (Å²) in [5, 5.41) is 8.71. The number of hydrogen-bond donors (Lipinski definition) is 1. The third-order valence-electron chi connectivity index (χ3n) is 2.56. The largest absolute Gasteiger partial charge is 0.478 e. The van der Waals surface area contributed by atoms with Gasteiger partial charge in [-0.2, -0.15) is 0 Å². The fourth-order valence-electron chi connectivity index (χ4n) is 1.53. The minimum absolute atomic E-state index is 0.146. The van der Waals surface area contributed by atoms with Crippen LogP contribution in [0.2, 0.25) is 0 Å². The van der Waals surface area contributed by atoms with Gasteiger partial charge in [0.2, 0.25) is 0 Å². The van der Waals surface area contributed by atoms with Crippen LogP contribution in [0.25, 0.3) is 0 Å². The van der Waals surface area contributed by atoms with E-state index in [-0.39, 0.29) is 17.4 Å². The second-order valence-corrected chi connectivity index (χ2v) is 3.93. The first-order valence-electron chi connectivity index (χ1n) is 4.95. The minimum Gasteiger partial charge on any atom is -0.478 e. The second-order valence-electron chi connectivity index (χ2n) is 3.93. The molecule has 0 saturated heterocycles. The van der Waals surface area contributed by atoms with E-state index in [2.05, 4.69) is 0 Å². The number of hydrogen-bond acceptors (Lipinski definition) is 1. The van der Waals surface area contributed by atoms with E-state index >= 15 is 0 Å². The Hall–Kier alpha value is -1.38. The van der Waals surface area contributed by atoms with Gasteiger partial charge in [0.15, 0.2) is 0 Å². The van der Waals surface area contributed by atoms with E-state index in [0.717, 1.165) is 5.56 Å². The summed E-state index contributed by atoms with van der Waals surface area (Å²) in [4.78, 5) is 10.6. The summed E-state index contributed by atoms with van der Waals surface area (Å²) in [6.07, 6.45) is 0. The molecule has 0 amide bonds. The van der Waals surface area contributed by atoms with Crippen molar-refractivity contribution in [2.75, 3.05) is 6.67 Å². The van der Waals surface area contributed by atoms with E-state index in [0.29, 0.717) is 0 Å². The quantitative estimate of drug-likeness (QED) is 0.829. The Kier molecular flexibility index (Phi) is 3.83. The van der Waals surface area contributed by atoms with Crippen LogP contribution < -0.4 is 0 Å². The number of rotatable bonds is 4. The molecule has 1 unspecified atom stereocenters. The van der Waals surface area contributed by atoms with Gasteiger partial charge in [-0.1, -0.05) is 26.0 Å². The number of alkyl halides is 1. The number of carboxylic acids is 1. The minimum atomic E-state index is -0.956. The molecule has 0 spiro atoms. The fraction of sp³-hybridized carbons (Fsp3) is 0.417. The van der Waals surface area contributed by atoms with Crippen molar-refractivity contribution in [3.63, 3.8) is 0 Å². The predicted molar refractivity (Wildman–Crippen MR) is 57.0 cm³/mol. The lowest BCUT2D eigenvalue weighted by atomic mass is 9.89. The van der Waals surface area contributed by atoms with E-state index < -0.39 is 12.6 Å². The average Bonchev–Trinajstić information content (AvgIpc) is 2.19. The number of aromatic carboxylic acids is 1. The Balaban J connectivity index is 2.92. The van der Waals surface area contributed by atoms with Crippen LogP contribution in [0.1, 0.15) is 35.7 Å². The maximum absolute atomic E-state index is 12.7. The third-order valence-corrected chi connectivity index (χ3v) is 2.56. The van der Waals surface area contributed by atoms with E-state index in [1.165, 1.54) is 12.1 Å². The highest BCUT2D eigenvalue weighted by Gasteiger charge is 2.15. The molecule has 0 fully saturated rings. The maximum Gasteiger partial charge on any atom is 0.335 e. The summed E-state index contributed by atoms with van der Waals surface area (Å²) in [6.45, 7) is 3.49. The Labute approximate surface area is 88.7 Å². The summed E-state index contributed by atoms with van der Waals surface area (Å²) in [5.41, 5.74) is 1.10. The summed E-state index contributed by atoms with van der Waals surface area (Å²) < 4.78 is 12.7. The van der Waals surface area contributed by atoms with Crippen molar-refractivity contribution in [1.29, 1.82) is 0 Å². The van der Waals surface area contributed by atoms with Gasteiger partial charge in [-0.25, -0.2) is 4.79 Å². The highest BCUT2D eigenvalue weighted by molar-refractivity contribution is 5.87. The molecule has 1 N–H and O–H groups in total. The zero-order chi connectivity index (χ0) is 11.4. The second kappa shape index (κ2) is 4.91. The molecule has 1 aromatic carbocycles. The highest BCUT2D eigenvalue weighted by Crippen LogP contribution is 2.25. The van der Waals surface area contributed by atoms with Crippen LogP contribution in [-0.2, 0) is 0 Å². The van der Waals surface area contributed by atoms with Gasteiger partial charge >= 0.3 is 5.97 Å². The van der Waals surface area contributed by atoms with Crippen molar-refractivity contribution < 1.29 is 14.3 Å². The smallest absolute Gasteiger partial charge is 0.335 e. The fourth-order valence-corrected chi connectivity index (χ4v) is 1.53. The van der Waals surface area contributed by atoms with Crippen molar-refractivity contribution in [3.8, 4) is 0 Å². The van der Waals surface area contributed by atoms with Crippen LogP contribution in [0.15, 0.2) is 24.3 Å². The molecule has 2 nitrogen and oxygen atoms in total. The molecule has 82 valence electrons. The molecule has 1 aromatic rings. The highest BCUT2D eigenvalue weighted by atomic mass is 19.1. The summed E-state index contributed by atoms with van der Waals surface area (Å²) in [7, 11) is 0. The van der Waals surface area contributed by atoms with E-state index in [4.69, 9.17) is 5.11 Å². The Morgan fingerprint density at radius 3 is 2.20 bits per heavy atom. The van der Waals surface area contributed by atoms with Crippen LogP contribution in [0, 0.1) is 5.92 Å². The lowest BCUT2D eigenvalue weighted by Gasteiger charge is -2.17. The molecule has 0 saturated carbocycles. The third kappa shape index (κ3) is 2.78. The van der Waals surface area contributed by atoms with Gasteiger partial charge in [-0.3, -0.25) is 4.39 Å². The van der Waals surface area contributed by atoms with Gasteiger partial charge in [-0.15, -0.1) is 0 Å². The van der Waals surface area contributed by atoms with Crippen molar-refractivity contribution >= 4 is 5.97 Å². The Morgan fingerprint density at radius 2 is 1.87 bits per heavy atom. The van der Waals surface area contributed by atoms with Gasteiger partial charge in [0.25, 0.3) is 0 Å². The molecule has 0 aliphatic carbocycles. The Bertz CT molecular complexity index is 330. The summed E-state index contributed by atoms with van der Waals surface area (Å²) >= 11 is 0. The maximum atomic E-state index is 12.7. The normalized spacial score (nSPS) is 12.8. The monoisotopic (exact) mass is 210 g/mol. The van der Waals surface area contributed by atoms with Crippen LogP contribution in [0.5, 0.6) is 0 Å². The molecule has 0 bridgehead atoms. The standard InChI is InChI=1S/C12H15FO2/c1-8(2)11(7-13)9-3-5-10(6-4-9)12(14)15/h3-6,8,11H,7H2,1-2H3,(H,14,15). The van der Waals surface area contributed by atoms with Gasteiger partial charge in [0.05, 0.1) is 12.2 Å². The zero-order valence-electron chi connectivity index (χ0n) is 8.90. The average molecular weight is 210 g/mol. The van der Waals surface area contributed by atoms with Crippen LogP contribution >= 0.6 is 0 Å². The first-order valence-corrected chi connectivity index (χ1v) is 4.95. The van der Waals surface area contributed by atoms with E-state index in [1.54, 1.807) is 12.1 Å². The van der Waals surface area contributed by atoms with Crippen molar-refractivity contribution in [1.82, 2.24) is 0 Å².